The van der Waals surface area contributed by atoms with Gasteiger partial charge in [0.15, 0.2) is 5.82 Å². The van der Waals surface area contributed by atoms with Crippen LogP contribution in [0.5, 0.6) is 11.5 Å². The van der Waals surface area contributed by atoms with E-state index in [0.29, 0.717) is 23.6 Å². The fraction of sp³-hybridized carbons (Fsp3) is 0.244. The van der Waals surface area contributed by atoms with Crippen molar-refractivity contribution in [1.29, 1.82) is 0 Å². The summed E-state index contributed by atoms with van der Waals surface area (Å²) < 4.78 is 25.2. The normalized spacial score (nSPS) is 11.4. The molecule has 2 heterocycles. The molecular weight excluding hydrogens is 692 g/mol. The number of carbonyl (C=O) groups is 2. The highest BCUT2D eigenvalue weighted by Crippen LogP contribution is 2.41. The Balaban J connectivity index is 1.38. The number of rotatable bonds is 16. The fourth-order valence-electron chi connectivity index (χ4n) is 6.55. The lowest BCUT2D eigenvalue weighted by Gasteiger charge is -2.37. The highest BCUT2D eigenvalue weighted by Gasteiger charge is 2.38. The van der Waals surface area contributed by atoms with Crippen molar-refractivity contribution in [1.82, 2.24) is 14.5 Å². The smallest absolute Gasteiger partial charge is 0.349 e. The molecule has 4 aromatic rings. The second-order valence-corrected chi connectivity index (χ2v) is 12.5. The summed E-state index contributed by atoms with van der Waals surface area (Å²) in [6.45, 7) is 0.756. The molecule has 6 rings (SSSR count). The first-order valence-electron chi connectivity index (χ1n) is 17.3. The Morgan fingerprint density at radius 3 is 2.02 bits per heavy atom. The van der Waals surface area contributed by atoms with Crippen LogP contribution in [-0.2, 0) is 31.7 Å². The third-order valence-electron chi connectivity index (χ3n) is 9.29. The van der Waals surface area contributed by atoms with E-state index in [0.717, 1.165) is 27.8 Å². The average Bonchev–Trinajstić information content (AvgIpc) is 3.19. The van der Waals surface area contributed by atoms with Crippen molar-refractivity contribution in [3.05, 3.63) is 141 Å². The predicted octanol–water partition coefficient (Wildman–Crippen LogP) is 4.97. The maximum absolute atomic E-state index is 12.6. The molecule has 0 radical (unpaired) electrons. The third-order valence-corrected chi connectivity index (χ3v) is 9.29. The van der Waals surface area contributed by atoms with E-state index in [1.807, 2.05) is 102 Å². The highest BCUT2D eigenvalue weighted by molar-refractivity contribution is 5.88. The van der Waals surface area contributed by atoms with E-state index in [-0.39, 0.29) is 44.0 Å². The summed E-state index contributed by atoms with van der Waals surface area (Å²) in [7, 11) is 4.96. The van der Waals surface area contributed by atoms with E-state index in [4.69, 9.17) is 24.1 Å². The molecule has 4 aromatic carbocycles. The zero-order valence-electron chi connectivity index (χ0n) is 30.1. The molecule has 2 aliphatic heterocycles. The molecule has 0 saturated carbocycles. The van der Waals surface area contributed by atoms with Gasteiger partial charge in [0.05, 0.1) is 51.3 Å². The third kappa shape index (κ3) is 7.96. The first-order chi connectivity index (χ1) is 26.1. The molecule has 0 spiro atoms. The number of esters is 1. The second-order valence-electron chi connectivity index (χ2n) is 12.5. The van der Waals surface area contributed by atoms with Crippen LogP contribution in [0.4, 0.5) is 5.69 Å². The van der Waals surface area contributed by atoms with Crippen molar-refractivity contribution < 1.29 is 33.6 Å². The Morgan fingerprint density at radius 2 is 1.41 bits per heavy atom. The molecule has 2 N–H and O–H groups in total. The molecule has 0 atom stereocenters. The molecular formula is C41H40N4O9. The molecule has 0 saturated heterocycles. The number of pyridine rings is 1. The monoisotopic (exact) mass is 732 g/mol. The van der Waals surface area contributed by atoms with Gasteiger partial charge < -0.3 is 33.5 Å². The Labute approximate surface area is 310 Å². The van der Waals surface area contributed by atoms with Gasteiger partial charge in [-0.25, -0.2) is 4.79 Å². The van der Waals surface area contributed by atoms with Crippen LogP contribution in [-0.4, -0.2) is 72.1 Å². The number of carboxylic acid groups (broad SMARTS) is 1. The lowest BCUT2D eigenvalue weighted by atomic mass is 9.80. The number of hydrogen-bond acceptors (Lipinski definition) is 10. The zero-order valence-corrected chi connectivity index (χ0v) is 30.1. The largest absolute Gasteiger partial charge is 0.497 e. The van der Waals surface area contributed by atoms with E-state index in [1.54, 1.807) is 31.9 Å². The number of aliphatic carboxylic acids is 1. The van der Waals surface area contributed by atoms with Gasteiger partial charge in [-0.05, 0) is 64.5 Å². The zero-order chi connectivity index (χ0) is 38.2. The summed E-state index contributed by atoms with van der Waals surface area (Å²) in [4.78, 5) is 56.3. The minimum absolute atomic E-state index is 0.0163. The molecule has 13 heteroatoms. The molecule has 0 aliphatic carbocycles. The summed E-state index contributed by atoms with van der Waals surface area (Å²) in [5.74, 6) is -0.0661. The SMILES string of the molecule is COc1ccc(C(OCCN(CCOC(=O)CCC(=O)O)c2ccc3cc4c(=O)[nH]c(=O)nc-4n(C)c3c2)(c2ccccc2)c2ccc(OC)cc2)cc1. The van der Waals surface area contributed by atoms with Crippen LogP contribution in [0.2, 0.25) is 0 Å². The van der Waals surface area contributed by atoms with Crippen molar-refractivity contribution in [2.45, 2.75) is 18.4 Å². The molecule has 13 nitrogen and oxygen atoms in total. The summed E-state index contributed by atoms with van der Waals surface area (Å²) in [5, 5.41) is 9.76. The molecule has 2 aliphatic rings. The summed E-state index contributed by atoms with van der Waals surface area (Å²) in [5.41, 5.74) is 2.02. The summed E-state index contributed by atoms with van der Waals surface area (Å²) in [6.07, 6.45) is -0.569. The van der Waals surface area contributed by atoms with Crippen LogP contribution in [0.1, 0.15) is 29.5 Å². The van der Waals surface area contributed by atoms with Gasteiger partial charge in [0.2, 0.25) is 0 Å². The van der Waals surface area contributed by atoms with E-state index >= 15 is 0 Å². The van der Waals surface area contributed by atoms with Crippen LogP contribution < -0.4 is 25.6 Å². The predicted molar refractivity (Wildman–Crippen MR) is 203 cm³/mol. The van der Waals surface area contributed by atoms with E-state index in [1.165, 1.54) is 0 Å². The Bertz CT molecular complexity index is 2270. The maximum Gasteiger partial charge on any atom is 0.349 e. The molecule has 0 amide bonds. The number of hydrogen-bond donors (Lipinski definition) is 2. The van der Waals surface area contributed by atoms with Crippen LogP contribution >= 0.6 is 0 Å². The molecule has 54 heavy (non-hydrogen) atoms. The number of methoxy groups -OCH3 is 2. The van der Waals surface area contributed by atoms with Gasteiger partial charge in [-0.1, -0.05) is 60.7 Å². The molecule has 0 unspecified atom stereocenters. The van der Waals surface area contributed by atoms with Gasteiger partial charge in [0.1, 0.15) is 23.7 Å². The minimum atomic E-state index is -1.08. The number of aromatic amines is 1. The van der Waals surface area contributed by atoms with Gasteiger partial charge >= 0.3 is 17.6 Å². The van der Waals surface area contributed by atoms with Gasteiger partial charge in [0, 0.05) is 19.3 Å². The number of fused-ring (bicyclic) bond motifs is 2. The number of H-pyrrole nitrogens is 1. The number of aromatic nitrogens is 3. The van der Waals surface area contributed by atoms with Gasteiger partial charge in [-0.3, -0.25) is 19.4 Å². The second kappa shape index (κ2) is 16.5. The van der Waals surface area contributed by atoms with Crippen molar-refractivity contribution in [3.63, 3.8) is 0 Å². The van der Waals surface area contributed by atoms with E-state index in [9.17, 15) is 19.2 Å². The average molecular weight is 733 g/mol. The standard InChI is InChI=1S/C41H40N4O9/c1-44-35-26-31(14-9-27(35)25-34-38(44)42-40(50)43-39(34)49)45(21-23-53-37(48)20-19-36(46)47)22-24-54-41(28-7-5-4-6-8-28,29-10-15-32(51-2)16-11-29)30-12-17-33(52-3)18-13-30/h4-18,25-26H,19-24H2,1-3H3,(H,46,47)(H,43,49,50). The Morgan fingerprint density at radius 1 is 0.796 bits per heavy atom. The highest BCUT2D eigenvalue weighted by atomic mass is 16.5. The number of benzene rings is 4. The number of nitrogens with zero attached hydrogens (tertiary/aromatic N) is 3. The summed E-state index contributed by atoms with van der Waals surface area (Å²) >= 11 is 0. The van der Waals surface area contributed by atoms with Gasteiger partial charge in [-0.2, -0.15) is 4.98 Å². The van der Waals surface area contributed by atoms with Crippen molar-refractivity contribution in [3.8, 4) is 22.9 Å². The topological polar surface area (TPSA) is 162 Å². The Hall–Kier alpha value is -6.47. The first-order valence-corrected chi connectivity index (χ1v) is 17.3. The molecule has 278 valence electrons. The van der Waals surface area contributed by atoms with E-state index < -0.39 is 28.8 Å². The number of anilines is 1. The van der Waals surface area contributed by atoms with Gasteiger partial charge in [-0.15, -0.1) is 0 Å². The molecule has 0 bridgehead atoms. The van der Waals surface area contributed by atoms with Crippen molar-refractivity contribution in [2.75, 3.05) is 45.4 Å². The molecule has 0 fully saturated rings. The van der Waals surface area contributed by atoms with Crippen LogP contribution in [0.25, 0.3) is 22.3 Å². The van der Waals surface area contributed by atoms with Crippen LogP contribution in [0.15, 0.2) is 113 Å². The number of ether oxygens (including phenoxy) is 4. The maximum atomic E-state index is 12.6. The number of carbonyl (C=O) groups excluding carboxylic acids is 1. The minimum Gasteiger partial charge on any atom is -0.497 e. The lowest BCUT2D eigenvalue weighted by Crippen LogP contribution is -2.37. The quantitative estimate of drug-likeness (QED) is 0.0786. The summed E-state index contributed by atoms with van der Waals surface area (Å²) in [6, 6.07) is 32.7. The van der Waals surface area contributed by atoms with E-state index in [2.05, 4.69) is 9.97 Å². The molecule has 0 aromatic heterocycles. The van der Waals surface area contributed by atoms with Crippen LogP contribution in [0.3, 0.4) is 0 Å². The first kappa shape index (κ1) is 37.3. The van der Waals surface area contributed by atoms with Crippen molar-refractivity contribution >= 4 is 28.5 Å². The van der Waals surface area contributed by atoms with Crippen molar-refractivity contribution in [2.24, 2.45) is 7.05 Å². The van der Waals surface area contributed by atoms with Crippen LogP contribution in [0, 0.1) is 0 Å². The number of nitrogens with one attached hydrogen (secondary N) is 1. The number of aryl methyl sites for hydroxylation is 1. The lowest BCUT2D eigenvalue weighted by molar-refractivity contribution is -0.147. The number of carboxylic acids is 1. The van der Waals surface area contributed by atoms with Gasteiger partial charge in [0.25, 0.3) is 5.56 Å². The Kier molecular flexibility index (Phi) is 11.4. The fourth-order valence-corrected chi connectivity index (χ4v) is 6.55.